The minimum atomic E-state index is 0. The number of nitrogens with zero attached hydrogens (tertiary/aromatic N) is 1. The summed E-state index contributed by atoms with van der Waals surface area (Å²) < 4.78 is 0. The molecule has 0 spiro atoms. The van der Waals surface area contributed by atoms with Crippen molar-refractivity contribution in [2.24, 2.45) is 4.99 Å². The minimum Gasteiger partial charge on any atom is -0.356 e. The fourth-order valence-corrected chi connectivity index (χ4v) is 3.00. The summed E-state index contributed by atoms with van der Waals surface area (Å²) in [6, 6.07) is 7.36. The summed E-state index contributed by atoms with van der Waals surface area (Å²) in [6.45, 7) is 5.24. The first-order valence-corrected chi connectivity index (χ1v) is 7.72. The number of aryl methyl sites for hydroxylation is 2. The summed E-state index contributed by atoms with van der Waals surface area (Å²) >= 11 is 0. The molecule has 0 aromatic heterocycles. The summed E-state index contributed by atoms with van der Waals surface area (Å²) in [6.07, 6.45) is 6.28. The molecule has 3 nitrogen and oxygen atoms in total. The molecule has 1 aromatic carbocycles. The van der Waals surface area contributed by atoms with Gasteiger partial charge in [-0.25, -0.2) is 0 Å². The van der Waals surface area contributed by atoms with Crippen molar-refractivity contribution in [3.63, 3.8) is 0 Å². The maximum absolute atomic E-state index is 4.31. The molecule has 1 aliphatic carbocycles. The van der Waals surface area contributed by atoms with Gasteiger partial charge in [0.25, 0.3) is 0 Å². The molecule has 21 heavy (non-hydrogen) atoms. The SMILES string of the molecule is CN=C(NCCc1cc(C)cc(C)c1)NC1CCCC1.I. The first kappa shape index (κ1) is 18.3. The van der Waals surface area contributed by atoms with Gasteiger partial charge in [-0.2, -0.15) is 0 Å². The lowest BCUT2D eigenvalue weighted by Gasteiger charge is -2.17. The molecule has 2 rings (SSSR count). The van der Waals surface area contributed by atoms with E-state index in [0.717, 1.165) is 18.9 Å². The lowest BCUT2D eigenvalue weighted by Crippen LogP contribution is -2.43. The van der Waals surface area contributed by atoms with E-state index in [0.29, 0.717) is 6.04 Å². The van der Waals surface area contributed by atoms with Crippen LogP contribution in [0.3, 0.4) is 0 Å². The van der Waals surface area contributed by atoms with Crippen LogP contribution in [-0.2, 0) is 6.42 Å². The molecule has 4 heteroatoms. The van der Waals surface area contributed by atoms with Gasteiger partial charge in [0.15, 0.2) is 5.96 Å². The first-order valence-electron chi connectivity index (χ1n) is 7.72. The van der Waals surface area contributed by atoms with E-state index in [1.54, 1.807) is 0 Å². The van der Waals surface area contributed by atoms with E-state index < -0.39 is 0 Å². The Balaban J connectivity index is 0.00000220. The van der Waals surface area contributed by atoms with E-state index in [-0.39, 0.29) is 24.0 Å². The summed E-state index contributed by atoms with van der Waals surface area (Å²) in [7, 11) is 1.85. The van der Waals surface area contributed by atoms with Crippen LogP contribution >= 0.6 is 24.0 Å². The third-order valence-electron chi connectivity index (χ3n) is 3.91. The number of hydrogen-bond acceptors (Lipinski definition) is 1. The standard InChI is InChI=1S/C17H27N3.HI/c1-13-10-14(2)12-15(11-13)8-9-19-17(18-3)20-16-6-4-5-7-16;/h10-12,16H,4-9H2,1-3H3,(H2,18,19,20);1H. The van der Waals surface area contributed by atoms with Crippen LogP contribution in [0.2, 0.25) is 0 Å². The van der Waals surface area contributed by atoms with Gasteiger partial charge in [0.1, 0.15) is 0 Å². The maximum atomic E-state index is 4.31. The molecule has 0 radical (unpaired) electrons. The van der Waals surface area contributed by atoms with Gasteiger partial charge in [-0.1, -0.05) is 42.2 Å². The highest BCUT2D eigenvalue weighted by Gasteiger charge is 2.15. The molecule has 1 aromatic rings. The predicted molar refractivity (Wildman–Crippen MR) is 102 cm³/mol. The zero-order chi connectivity index (χ0) is 14.4. The van der Waals surface area contributed by atoms with Crippen LogP contribution in [-0.4, -0.2) is 25.6 Å². The van der Waals surface area contributed by atoms with E-state index in [1.165, 1.54) is 42.4 Å². The number of rotatable bonds is 4. The van der Waals surface area contributed by atoms with Gasteiger partial charge in [-0.3, -0.25) is 4.99 Å². The number of hydrogen-bond donors (Lipinski definition) is 2. The average molecular weight is 401 g/mol. The number of guanidine groups is 1. The number of benzene rings is 1. The van der Waals surface area contributed by atoms with Crippen LogP contribution in [0.4, 0.5) is 0 Å². The van der Waals surface area contributed by atoms with Crippen LogP contribution < -0.4 is 10.6 Å². The summed E-state index contributed by atoms with van der Waals surface area (Å²) in [5.74, 6) is 0.946. The molecule has 118 valence electrons. The Morgan fingerprint density at radius 2 is 1.76 bits per heavy atom. The molecular weight excluding hydrogens is 373 g/mol. The van der Waals surface area contributed by atoms with Crippen molar-refractivity contribution in [1.29, 1.82) is 0 Å². The van der Waals surface area contributed by atoms with Crippen molar-refractivity contribution in [2.75, 3.05) is 13.6 Å². The Hall–Kier alpha value is -0.780. The van der Waals surface area contributed by atoms with E-state index in [4.69, 9.17) is 0 Å². The van der Waals surface area contributed by atoms with Gasteiger partial charge in [0.2, 0.25) is 0 Å². The Morgan fingerprint density at radius 3 is 2.33 bits per heavy atom. The molecule has 2 N–H and O–H groups in total. The molecule has 0 bridgehead atoms. The lowest BCUT2D eigenvalue weighted by molar-refractivity contribution is 0.613. The molecule has 0 atom stereocenters. The van der Waals surface area contributed by atoms with E-state index in [1.807, 2.05) is 7.05 Å². The second-order valence-corrected chi connectivity index (χ2v) is 5.87. The Morgan fingerprint density at radius 1 is 1.14 bits per heavy atom. The lowest BCUT2D eigenvalue weighted by atomic mass is 10.1. The van der Waals surface area contributed by atoms with Crippen LogP contribution in [0.5, 0.6) is 0 Å². The first-order chi connectivity index (χ1) is 9.67. The third-order valence-corrected chi connectivity index (χ3v) is 3.91. The zero-order valence-corrected chi connectivity index (χ0v) is 15.7. The smallest absolute Gasteiger partial charge is 0.191 e. The number of nitrogens with one attached hydrogen (secondary N) is 2. The normalized spacial score (nSPS) is 15.7. The third kappa shape index (κ3) is 6.24. The molecule has 1 aliphatic rings. The zero-order valence-electron chi connectivity index (χ0n) is 13.4. The van der Waals surface area contributed by atoms with Gasteiger partial charge in [-0.05, 0) is 38.7 Å². The Labute approximate surface area is 146 Å². The van der Waals surface area contributed by atoms with E-state index >= 15 is 0 Å². The van der Waals surface area contributed by atoms with Gasteiger partial charge < -0.3 is 10.6 Å². The summed E-state index contributed by atoms with van der Waals surface area (Å²) in [5.41, 5.74) is 4.08. The fourth-order valence-electron chi connectivity index (χ4n) is 3.00. The van der Waals surface area contributed by atoms with Crippen LogP contribution in [0, 0.1) is 13.8 Å². The van der Waals surface area contributed by atoms with Crippen molar-refractivity contribution < 1.29 is 0 Å². The highest BCUT2D eigenvalue weighted by Crippen LogP contribution is 2.17. The molecular formula is C17H28IN3. The number of aliphatic imine (C=N–C) groups is 1. The monoisotopic (exact) mass is 401 g/mol. The summed E-state index contributed by atoms with van der Waals surface area (Å²) in [5, 5.41) is 6.94. The molecule has 0 saturated heterocycles. The van der Waals surface area contributed by atoms with Crippen LogP contribution in [0.15, 0.2) is 23.2 Å². The van der Waals surface area contributed by atoms with Gasteiger partial charge in [-0.15, -0.1) is 24.0 Å². The average Bonchev–Trinajstić information content (AvgIpc) is 2.89. The number of halogens is 1. The van der Waals surface area contributed by atoms with Crippen molar-refractivity contribution in [3.8, 4) is 0 Å². The summed E-state index contributed by atoms with van der Waals surface area (Å²) in [4.78, 5) is 4.31. The molecule has 0 aliphatic heterocycles. The second kappa shape index (κ2) is 9.28. The second-order valence-electron chi connectivity index (χ2n) is 5.87. The van der Waals surface area contributed by atoms with Gasteiger partial charge in [0.05, 0.1) is 0 Å². The van der Waals surface area contributed by atoms with Crippen LogP contribution in [0.1, 0.15) is 42.4 Å². The van der Waals surface area contributed by atoms with Crippen molar-refractivity contribution in [1.82, 2.24) is 10.6 Å². The molecule has 1 saturated carbocycles. The van der Waals surface area contributed by atoms with Gasteiger partial charge >= 0.3 is 0 Å². The van der Waals surface area contributed by atoms with Crippen molar-refractivity contribution in [3.05, 3.63) is 34.9 Å². The fraction of sp³-hybridized carbons (Fsp3) is 0.588. The Kier molecular flexibility index (Phi) is 8.07. The predicted octanol–water partition coefficient (Wildman–Crippen LogP) is 3.57. The van der Waals surface area contributed by atoms with E-state index in [2.05, 4.69) is 47.7 Å². The molecule has 0 amide bonds. The largest absolute Gasteiger partial charge is 0.356 e. The van der Waals surface area contributed by atoms with Crippen molar-refractivity contribution in [2.45, 2.75) is 52.0 Å². The highest BCUT2D eigenvalue weighted by atomic mass is 127. The highest BCUT2D eigenvalue weighted by molar-refractivity contribution is 14.0. The minimum absolute atomic E-state index is 0. The van der Waals surface area contributed by atoms with E-state index in [9.17, 15) is 0 Å². The molecule has 1 fully saturated rings. The van der Waals surface area contributed by atoms with Gasteiger partial charge in [0, 0.05) is 19.6 Å². The Bertz CT molecular complexity index is 445. The molecule has 0 unspecified atom stereocenters. The molecule has 0 heterocycles. The van der Waals surface area contributed by atoms with Crippen LogP contribution in [0.25, 0.3) is 0 Å². The maximum Gasteiger partial charge on any atom is 0.191 e. The quantitative estimate of drug-likeness (QED) is 0.460. The van der Waals surface area contributed by atoms with Crippen molar-refractivity contribution >= 4 is 29.9 Å². The topological polar surface area (TPSA) is 36.4 Å².